The Morgan fingerprint density at radius 2 is 1.94 bits per heavy atom. The lowest BCUT2D eigenvalue weighted by Gasteiger charge is -2.09. The van der Waals surface area contributed by atoms with Crippen molar-refractivity contribution in [3.8, 4) is 5.75 Å². The molecule has 0 amide bonds. The Balaban J connectivity index is 2.47. The number of fused-ring (bicyclic) bond motifs is 1. The van der Waals surface area contributed by atoms with Crippen molar-refractivity contribution in [3.63, 3.8) is 0 Å². The van der Waals surface area contributed by atoms with Crippen LogP contribution in [0.4, 0.5) is 13.2 Å². The van der Waals surface area contributed by atoms with Gasteiger partial charge in [-0.2, -0.15) is 0 Å². The van der Waals surface area contributed by atoms with Gasteiger partial charge >= 0.3 is 6.36 Å². The number of benzene rings is 1. The van der Waals surface area contributed by atoms with Crippen molar-refractivity contribution in [2.45, 2.75) is 6.36 Å². The van der Waals surface area contributed by atoms with Gasteiger partial charge in [0.1, 0.15) is 10.9 Å². The first-order valence-electron chi connectivity index (χ1n) is 4.37. The zero-order valence-corrected chi connectivity index (χ0v) is 10.4. The van der Waals surface area contributed by atoms with Gasteiger partial charge < -0.3 is 4.74 Å². The quantitative estimate of drug-likeness (QED) is 0.717. The Kier molecular flexibility index (Phi) is 3.18. The second-order valence-electron chi connectivity index (χ2n) is 3.16. The summed E-state index contributed by atoms with van der Waals surface area (Å²) in [5.74, 6) is -0.291. The van der Waals surface area contributed by atoms with Gasteiger partial charge in [0.15, 0.2) is 0 Å². The second-order valence-corrected chi connectivity index (χ2v) is 4.38. The van der Waals surface area contributed by atoms with E-state index in [1.54, 1.807) is 6.07 Å². The minimum absolute atomic E-state index is 0.252. The zero-order chi connectivity index (χ0) is 12.6. The molecule has 17 heavy (non-hydrogen) atoms. The van der Waals surface area contributed by atoms with Crippen LogP contribution in [0, 0.1) is 0 Å². The molecular weight excluding hydrogens is 322 g/mol. The predicted molar refractivity (Wildman–Crippen MR) is 61.1 cm³/mol. The van der Waals surface area contributed by atoms with E-state index in [4.69, 9.17) is 11.6 Å². The van der Waals surface area contributed by atoms with Crippen LogP contribution in [0.1, 0.15) is 0 Å². The third kappa shape index (κ3) is 3.01. The van der Waals surface area contributed by atoms with Crippen molar-refractivity contribution in [1.82, 2.24) is 4.98 Å². The molecule has 0 aliphatic heterocycles. The molecular formula is C10H4BrClF3NO. The molecule has 2 nitrogen and oxygen atoms in total. The average Bonchev–Trinajstić information content (AvgIpc) is 2.18. The molecule has 1 heterocycles. The van der Waals surface area contributed by atoms with E-state index in [9.17, 15) is 13.2 Å². The van der Waals surface area contributed by atoms with Crippen LogP contribution in [0.15, 0.2) is 28.7 Å². The third-order valence-corrected chi connectivity index (χ3v) is 3.05. The van der Waals surface area contributed by atoms with Gasteiger partial charge in [0.25, 0.3) is 0 Å². The van der Waals surface area contributed by atoms with Crippen LogP contribution in [-0.4, -0.2) is 11.3 Å². The standard InChI is InChI=1S/C10H4BrClF3NO/c11-7-4-5-3-6(17-10(13,14)15)1-2-8(5)16-9(7)12/h1-4H. The smallest absolute Gasteiger partial charge is 0.406 e. The fourth-order valence-corrected chi connectivity index (χ4v) is 1.78. The fourth-order valence-electron chi connectivity index (χ4n) is 1.30. The molecule has 0 N–H and O–H groups in total. The predicted octanol–water partition coefficient (Wildman–Crippen LogP) is 4.55. The van der Waals surface area contributed by atoms with Crippen molar-refractivity contribution >= 4 is 38.4 Å². The Bertz CT molecular complexity index is 573. The van der Waals surface area contributed by atoms with Crippen LogP contribution >= 0.6 is 27.5 Å². The second kappa shape index (κ2) is 4.34. The number of hydrogen-bond acceptors (Lipinski definition) is 2. The summed E-state index contributed by atoms with van der Waals surface area (Å²) in [6.07, 6.45) is -4.70. The highest BCUT2D eigenvalue weighted by Crippen LogP contribution is 2.29. The number of rotatable bonds is 1. The average molecular weight is 326 g/mol. The van der Waals surface area contributed by atoms with Gasteiger partial charge in [-0.15, -0.1) is 13.2 Å². The van der Waals surface area contributed by atoms with Gasteiger partial charge in [0.05, 0.1) is 9.99 Å². The van der Waals surface area contributed by atoms with Crippen molar-refractivity contribution in [2.75, 3.05) is 0 Å². The molecule has 1 aromatic carbocycles. The number of halogens is 5. The lowest BCUT2D eigenvalue weighted by Crippen LogP contribution is -2.17. The van der Waals surface area contributed by atoms with Crippen LogP contribution in [-0.2, 0) is 0 Å². The van der Waals surface area contributed by atoms with Gasteiger partial charge in [-0.25, -0.2) is 4.98 Å². The summed E-state index contributed by atoms with van der Waals surface area (Å²) in [7, 11) is 0. The molecule has 2 aromatic rings. The molecule has 0 saturated heterocycles. The SMILES string of the molecule is FC(F)(F)Oc1ccc2nc(Cl)c(Br)cc2c1. The Morgan fingerprint density at radius 3 is 2.59 bits per heavy atom. The van der Waals surface area contributed by atoms with Gasteiger partial charge in [0, 0.05) is 5.39 Å². The van der Waals surface area contributed by atoms with E-state index in [2.05, 4.69) is 25.7 Å². The van der Waals surface area contributed by atoms with Gasteiger partial charge in [-0.3, -0.25) is 0 Å². The molecule has 0 aliphatic rings. The Hall–Kier alpha value is -1.01. The maximum Gasteiger partial charge on any atom is 0.573 e. The molecule has 0 spiro atoms. The molecule has 0 fully saturated rings. The summed E-state index contributed by atoms with van der Waals surface area (Å²) in [5.41, 5.74) is 0.493. The van der Waals surface area contributed by atoms with Crippen LogP contribution in [0.3, 0.4) is 0 Å². The van der Waals surface area contributed by atoms with E-state index < -0.39 is 6.36 Å². The van der Waals surface area contributed by atoms with Crippen molar-refractivity contribution in [2.24, 2.45) is 0 Å². The number of ether oxygens (including phenoxy) is 1. The Morgan fingerprint density at radius 1 is 1.24 bits per heavy atom. The summed E-state index contributed by atoms with van der Waals surface area (Å²) < 4.78 is 40.4. The number of aromatic nitrogens is 1. The molecule has 0 atom stereocenters. The molecule has 1 aromatic heterocycles. The van der Waals surface area contributed by atoms with E-state index in [0.717, 1.165) is 0 Å². The monoisotopic (exact) mass is 325 g/mol. The van der Waals surface area contributed by atoms with E-state index >= 15 is 0 Å². The molecule has 7 heteroatoms. The first-order chi connectivity index (χ1) is 7.85. The highest BCUT2D eigenvalue weighted by atomic mass is 79.9. The molecule has 0 aliphatic carbocycles. The minimum atomic E-state index is -4.70. The van der Waals surface area contributed by atoms with E-state index in [-0.39, 0.29) is 10.9 Å². The summed E-state index contributed by atoms with van der Waals surface area (Å²) >= 11 is 8.91. The van der Waals surface area contributed by atoms with Crippen LogP contribution in [0.5, 0.6) is 5.75 Å². The van der Waals surface area contributed by atoms with Gasteiger partial charge in [-0.05, 0) is 40.2 Å². The summed E-state index contributed by atoms with van der Waals surface area (Å²) in [6.45, 7) is 0. The molecule has 0 bridgehead atoms. The van der Waals surface area contributed by atoms with Crippen molar-refractivity contribution < 1.29 is 17.9 Å². The lowest BCUT2D eigenvalue weighted by atomic mass is 10.2. The molecule has 90 valence electrons. The minimum Gasteiger partial charge on any atom is -0.406 e. The van der Waals surface area contributed by atoms with Crippen LogP contribution in [0.25, 0.3) is 10.9 Å². The first kappa shape index (κ1) is 12.4. The first-order valence-corrected chi connectivity index (χ1v) is 5.54. The lowest BCUT2D eigenvalue weighted by molar-refractivity contribution is -0.274. The van der Waals surface area contributed by atoms with E-state index in [0.29, 0.717) is 15.4 Å². The summed E-state index contributed by atoms with van der Waals surface area (Å²) in [6, 6.07) is 5.42. The summed E-state index contributed by atoms with van der Waals surface area (Å²) in [4.78, 5) is 3.99. The molecule has 2 rings (SSSR count). The molecule has 0 saturated carbocycles. The van der Waals surface area contributed by atoms with E-state index in [1.807, 2.05) is 0 Å². The van der Waals surface area contributed by atoms with E-state index in [1.165, 1.54) is 18.2 Å². The highest BCUT2D eigenvalue weighted by Gasteiger charge is 2.31. The zero-order valence-electron chi connectivity index (χ0n) is 8.05. The summed E-state index contributed by atoms with van der Waals surface area (Å²) in [5, 5.41) is 0.755. The van der Waals surface area contributed by atoms with Gasteiger partial charge in [-0.1, -0.05) is 11.6 Å². The topological polar surface area (TPSA) is 22.1 Å². The van der Waals surface area contributed by atoms with Gasteiger partial charge in [0.2, 0.25) is 0 Å². The number of nitrogens with zero attached hydrogens (tertiary/aromatic N) is 1. The van der Waals surface area contributed by atoms with Crippen molar-refractivity contribution in [1.29, 1.82) is 0 Å². The number of pyridine rings is 1. The molecule has 0 radical (unpaired) electrons. The Labute approximate surface area is 107 Å². The highest BCUT2D eigenvalue weighted by molar-refractivity contribution is 9.10. The van der Waals surface area contributed by atoms with Crippen LogP contribution in [0.2, 0.25) is 5.15 Å². The molecule has 0 unspecified atom stereocenters. The number of alkyl halides is 3. The maximum atomic E-state index is 12.0. The van der Waals surface area contributed by atoms with Crippen LogP contribution < -0.4 is 4.74 Å². The largest absolute Gasteiger partial charge is 0.573 e. The third-order valence-electron chi connectivity index (χ3n) is 1.93. The fraction of sp³-hybridized carbons (Fsp3) is 0.100. The number of hydrogen-bond donors (Lipinski definition) is 0. The normalized spacial score (nSPS) is 11.8. The maximum absolute atomic E-state index is 12.0. The van der Waals surface area contributed by atoms with Crippen molar-refractivity contribution in [3.05, 3.63) is 33.9 Å².